The fraction of sp³-hybridized carbons (Fsp3) is 0.136. The van der Waals surface area contributed by atoms with Gasteiger partial charge in [-0.2, -0.15) is 15.0 Å². The van der Waals surface area contributed by atoms with Crippen LogP contribution in [0, 0.1) is 11.6 Å². The highest BCUT2D eigenvalue weighted by Crippen LogP contribution is 2.21. The molecule has 4 rings (SSSR count). The summed E-state index contributed by atoms with van der Waals surface area (Å²) in [6.07, 6.45) is 1.75. The van der Waals surface area contributed by atoms with E-state index in [4.69, 9.17) is 14.9 Å². The van der Waals surface area contributed by atoms with Crippen LogP contribution in [0.15, 0.2) is 59.1 Å². The summed E-state index contributed by atoms with van der Waals surface area (Å²) in [6.45, 7) is -0.212. The lowest BCUT2D eigenvalue weighted by Gasteiger charge is -2.08. The average molecular weight is 452 g/mol. The van der Waals surface area contributed by atoms with Gasteiger partial charge >= 0.3 is 5.97 Å². The van der Waals surface area contributed by atoms with E-state index in [1.165, 1.54) is 42.6 Å². The van der Waals surface area contributed by atoms with E-state index in [0.717, 1.165) is 0 Å². The standard InChI is InChI=1S/C22H18F2N6O3/c23-14-3-1-13(2-4-14)17-11-26-19(33-17)9-10-20(31)32-12-18-28-21(25)30-22(29-18)27-16-7-5-15(24)6-8-16/h1-8,11H,9-10,12H2,(H3,25,27,28,29,30). The van der Waals surface area contributed by atoms with Gasteiger partial charge in [0.1, 0.15) is 11.6 Å². The molecule has 0 aliphatic heterocycles. The van der Waals surface area contributed by atoms with E-state index < -0.39 is 5.97 Å². The molecule has 2 aromatic heterocycles. The van der Waals surface area contributed by atoms with Crippen molar-refractivity contribution in [1.82, 2.24) is 19.9 Å². The highest BCUT2D eigenvalue weighted by Gasteiger charge is 2.12. The molecule has 2 heterocycles. The summed E-state index contributed by atoms with van der Waals surface area (Å²) in [4.78, 5) is 28.3. The van der Waals surface area contributed by atoms with Gasteiger partial charge in [0.15, 0.2) is 24.1 Å². The Kier molecular flexibility index (Phi) is 6.48. The first kappa shape index (κ1) is 21.8. The van der Waals surface area contributed by atoms with Crippen molar-refractivity contribution >= 4 is 23.6 Å². The Morgan fingerprint density at radius 1 is 1.00 bits per heavy atom. The molecular formula is C22H18F2N6O3. The van der Waals surface area contributed by atoms with E-state index in [1.807, 2.05) is 0 Å². The summed E-state index contributed by atoms with van der Waals surface area (Å²) in [5, 5.41) is 2.87. The van der Waals surface area contributed by atoms with Gasteiger partial charge in [0.05, 0.1) is 12.6 Å². The summed E-state index contributed by atoms with van der Waals surface area (Å²) >= 11 is 0. The average Bonchev–Trinajstić information content (AvgIpc) is 3.27. The Morgan fingerprint density at radius 3 is 2.42 bits per heavy atom. The zero-order valence-corrected chi connectivity index (χ0v) is 17.2. The molecule has 0 aliphatic rings. The maximum atomic E-state index is 13.0. The third-order valence-electron chi connectivity index (χ3n) is 4.39. The number of benzene rings is 2. The number of ether oxygens (including phenoxy) is 1. The van der Waals surface area contributed by atoms with E-state index in [1.54, 1.807) is 12.1 Å². The number of nitrogens with two attached hydrogens (primary N) is 1. The molecule has 0 saturated heterocycles. The molecule has 0 saturated carbocycles. The second kappa shape index (κ2) is 9.81. The van der Waals surface area contributed by atoms with Crippen molar-refractivity contribution < 1.29 is 22.7 Å². The number of rotatable bonds is 8. The van der Waals surface area contributed by atoms with Crippen LogP contribution in [0.3, 0.4) is 0 Å². The van der Waals surface area contributed by atoms with Crippen LogP contribution in [-0.4, -0.2) is 25.9 Å². The number of nitrogens with zero attached hydrogens (tertiary/aromatic N) is 4. The lowest BCUT2D eigenvalue weighted by atomic mass is 10.2. The maximum Gasteiger partial charge on any atom is 0.306 e. The van der Waals surface area contributed by atoms with Crippen molar-refractivity contribution in [1.29, 1.82) is 0 Å². The number of carbonyl (C=O) groups is 1. The third-order valence-corrected chi connectivity index (χ3v) is 4.39. The monoisotopic (exact) mass is 452 g/mol. The van der Waals surface area contributed by atoms with E-state index in [0.29, 0.717) is 22.9 Å². The van der Waals surface area contributed by atoms with Crippen LogP contribution in [0.25, 0.3) is 11.3 Å². The van der Waals surface area contributed by atoms with Crippen LogP contribution in [0.5, 0.6) is 0 Å². The van der Waals surface area contributed by atoms with Crippen LogP contribution < -0.4 is 11.1 Å². The largest absolute Gasteiger partial charge is 0.457 e. The molecule has 33 heavy (non-hydrogen) atoms. The van der Waals surface area contributed by atoms with Crippen molar-refractivity contribution in [2.24, 2.45) is 0 Å². The smallest absolute Gasteiger partial charge is 0.306 e. The Balaban J connectivity index is 1.29. The number of nitrogen functional groups attached to an aromatic ring is 1. The molecule has 4 aromatic rings. The van der Waals surface area contributed by atoms with Gasteiger partial charge in [0.2, 0.25) is 11.9 Å². The normalized spacial score (nSPS) is 10.7. The van der Waals surface area contributed by atoms with E-state index in [9.17, 15) is 13.6 Å². The molecule has 0 atom stereocenters. The third kappa shape index (κ3) is 6.06. The number of oxazole rings is 1. The Bertz CT molecular complexity index is 1250. The van der Waals surface area contributed by atoms with Crippen LogP contribution in [0.1, 0.15) is 18.1 Å². The quantitative estimate of drug-likeness (QED) is 0.383. The minimum Gasteiger partial charge on any atom is -0.457 e. The number of esters is 1. The lowest BCUT2D eigenvalue weighted by Crippen LogP contribution is -2.11. The lowest BCUT2D eigenvalue weighted by molar-refractivity contribution is -0.145. The Morgan fingerprint density at radius 2 is 1.70 bits per heavy atom. The predicted octanol–water partition coefficient (Wildman–Crippen LogP) is 3.81. The van der Waals surface area contributed by atoms with Gasteiger partial charge in [-0.05, 0) is 48.5 Å². The molecular weight excluding hydrogens is 434 g/mol. The van der Waals surface area contributed by atoms with Gasteiger partial charge in [-0.3, -0.25) is 4.79 Å². The highest BCUT2D eigenvalue weighted by molar-refractivity contribution is 5.69. The minimum absolute atomic E-state index is 0.0185. The molecule has 0 aliphatic carbocycles. The number of halogens is 2. The first-order chi connectivity index (χ1) is 15.9. The predicted molar refractivity (Wildman–Crippen MR) is 114 cm³/mol. The molecule has 11 heteroatoms. The molecule has 0 unspecified atom stereocenters. The number of anilines is 3. The molecule has 3 N–H and O–H groups in total. The summed E-state index contributed by atoms with van der Waals surface area (Å²) in [7, 11) is 0. The summed E-state index contributed by atoms with van der Waals surface area (Å²) in [5.74, 6) is -0.193. The molecule has 168 valence electrons. The Hall–Kier alpha value is -4.41. The van der Waals surface area contributed by atoms with Gasteiger partial charge in [0, 0.05) is 17.7 Å². The molecule has 0 fully saturated rings. The van der Waals surface area contributed by atoms with Crippen LogP contribution in [0.4, 0.5) is 26.4 Å². The second-order valence-corrected chi connectivity index (χ2v) is 6.85. The highest BCUT2D eigenvalue weighted by atomic mass is 19.1. The van der Waals surface area contributed by atoms with Crippen LogP contribution in [0.2, 0.25) is 0 Å². The number of nitrogens with one attached hydrogen (secondary N) is 1. The second-order valence-electron chi connectivity index (χ2n) is 6.85. The fourth-order valence-corrected chi connectivity index (χ4v) is 2.82. The van der Waals surface area contributed by atoms with Crippen LogP contribution in [-0.2, 0) is 22.6 Å². The van der Waals surface area contributed by atoms with E-state index in [2.05, 4.69) is 25.3 Å². The molecule has 2 aromatic carbocycles. The minimum atomic E-state index is -0.511. The molecule has 0 radical (unpaired) electrons. The van der Waals surface area contributed by atoms with Gasteiger partial charge in [0.25, 0.3) is 0 Å². The van der Waals surface area contributed by atoms with Crippen molar-refractivity contribution in [3.8, 4) is 11.3 Å². The van der Waals surface area contributed by atoms with Gasteiger partial charge in [-0.1, -0.05) is 0 Å². The molecule has 0 amide bonds. The first-order valence-electron chi connectivity index (χ1n) is 9.84. The zero-order valence-electron chi connectivity index (χ0n) is 17.2. The fourth-order valence-electron chi connectivity index (χ4n) is 2.82. The number of carbonyl (C=O) groups excluding carboxylic acids is 1. The van der Waals surface area contributed by atoms with E-state index >= 15 is 0 Å². The van der Waals surface area contributed by atoms with Gasteiger partial charge in [-0.25, -0.2) is 13.8 Å². The maximum absolute atomic E-state index is 13.0. The summed E-state index contributed by atoms with van der Waals surface area (Å²) < 4.78 is 36.9. The number of aryl methyl sites for hydroxylation is 1. The summed E-state index contributed by atoms with van der Waals surface area (Å²) in [6, 6.07) is 11.4. The Labute approximate surface area is 186 Å². The zero-order chi connectivity index (χ0) is 23.2. The van der Waals surface area contributed by atoms with Gasteiger partial charge < -0.3 is 20.2 Å². The van der Waals surface area contributed by atoms with Crippen molar-refractivity contribution in [3.05, 3.63) is 78.1 Å². The molecule has 0 bridgehead atoms. The van der Waals surface area contributed by atoms with Crippen molar-refractivity contribution in [2.45, 2.75) is 19.4 Å². The first-order valence-corrected chi connectivity index (χ1v) is 9.84. The molecule has 0 spiro atoms. The van der Waals surface area contributed by atoms with Crippen molar-refractivity contribution in [3.63, 3.8) is 0 Å². The van der Waals surface area contributed by atoms with E-state index in [-0.39, 0.29) is 48.8 Å². The molecule has 9 nitrogen and oxygen atoms in total. The number of aromatic nitrogens is 4. The number of hydrogen-bond donors (Lipinski definition) is 2. The van der Waals surface area contributed by atoms with Gasteiger partial charge in [-0.15, -0.1) is 0 Å². The SMILES string of the molecule is Nc1nc(COC(=O)CCc2ncc(-c3ccc(F)cc3)o2)nc(Nc2ccc(F)cc2)n1. The van der Waals surface area contributed by atoms with Crippen molar-refractivity contribution in [2.75, 3.05) is 11.1 Å². The van der Waals surface area contributed by atoms with Crippen LogP contribution >= 0.6 is 0 Å². The number of hydrogen-bond acceptors (Lipinski definition) is 9. The summed E-state index contributed by atoms with van der Waals surface area (Å²) in [5.41, 5.74) is 6.92. The topological polar surface area (TPSA) is 129 Å².